The smallest absolute Gasteiger partial charge is 0.0672 e. The van der Waals surface area contributed by atoms with Gasteiger partial charge in [-0.1, -0.05) is 48.5 Å². The van der Waals surface area contributed by atoms with Crippen LogP contribution in [0.25, 0.3) is 0 Å². The quantitative estimate of drug-likeness (QED) is 0.827. The second kappa shape index (κ2) is 7.78. The van der Waals surface area contributed by atoms with E-state index in [9.17, 15) is 5.11 Å². The molecule has 1 N–H and O–H groups in total. The molecule has 0 spiro atoms. The molecule has 106 valence electrons. The molecule has 1 unspecified atom stereocenters. The summed E-state index contributed by atoms with van der Waals surface area (Å²) in [6, 6.07) is 5.48. The highest BCUT2D eigenvalue weighted by molar-refractivity contribution is 7.99. The summed E-state index contributed by atoms with van der Waals surface area (Å²) in [6.07, 6.45) is 6.81. The number of aliphatic hydroxyl groups is 1. The van der Waals surface area contributed by atoms with Gasteiger partial charge in [0, 0.05) is 27.5 Å². The second-order valence-electron chi connectivity index (χ2n) is 5.15. The van der Waals surface area contributed by atoms with Crippen LogP contribution in [0.2, 0.25) is 10.0 Å². The first-order valence-corrected chi connectivity index (χ1v) is 8.70. The van der Waals surface area contributed by atoms with Gasteiger partial charge in [0.1, 0.15) is 0 Å². The molecule has 0 heterocycles. The van der Waals surface area contributed by atoms with E-state index in [1.807, 2.05) is 30.0 Å². The van der Waals surface area contributed by atoms with Gasteiger partial charge in [-0.05, 0) is 30.5 Å². The Morgan fingerprint density at radius 3 is 2.42 bits per heavy atom. The van der Waals surface area contributed by atoms with Crippen molar-refractivity contribution in [1.82, 2.24) is 0 Å². The van der Waals surface area contributed by atoms with Gasteiger partial charge in [-0.3, -0.25) is 0 Å². The fraction of sp³-hybridized carbons (Fsp3) is 0.600. The summed E-state index contributed by atoms with van der Waals surface area (Å²) in [7, 11) is 0. The molecule has 1 fully saturated rings. The lowest BCUT2D eigenvalue weighted by Gasteiger charge is -2.22. The maximum Gasteiger partial charge on any atom is 0.0672 e. The van der Waals surface area contributed by atoms with E-state index in [4.69, 9.17) is 23.2 Å². The molecule has 0 saturated heterocycles. The van der Waals surface area contributed by atoms with E-state index >= 15 is 0 Å². The molecule has 0 amide bonds. The number of rotatable bonds is 5. The average molecular weight is 319 g/mol. The monoisotopic (exact) mass is 318 g/mol. The average Bonchev–Trinajstić information content (AvgIpc) is 2.42. The molecular weight excluding hydrogens is 299 g/mol. The van der Waals surface area contributed by atoms with Crippen LogP contribution in [-0.4, -0.2) is 22.2 Å². The van der Waals surface area contributed by atoms with Crippen LogP contribution in [0.4, 0.5) is 0 Å². The van der Waals surface area contributed by atoms with Crippen molar-refractivity contribution in [3.8, 4) is 0 Å². The number of benzene rings is 1. The van der Waals surface area contributed by atoms with Crippen LogP contribution in [0.5, 0.6) is 0 Å². The molecule has 19 heavy (non-hydrogen) atoms. The molecule has 1 atom stereocenters. The minimum absolute atomic E-state index is 0.371. The minimum atomic E-state index is -0.371. The Labute approximate surface area is 129 Å². The van der Waals surface area contributed by atoms with Gasteiger partial charge in [-0.25, -0.2) is 0 Å². The summed E-state index contributed by atoms with van der Waals surface area (Å²) >= 11 is 14.1. The van der Waals surface area contributed by atoms with E-state index in [0.717, 1.165) is 16.6 Å². The normalized spacial score (nSPS) is 18.5. The summed E-state index contributed by atoms with van der Waals surface area (Å²) in [6.45, 7) is 0. The molecule has 1 saturated carbocycles. The Balaban J connectivity index is 1.82. The SMILES string of the molecule is OC(CSC1CCCCC1)Cc1c(Cl)cccc1Cl. The highest BCUT2D eigenvalue weighted by Gasteiger charge is 2.17. The zero-order valence-corrected chi connectivity index (χ0v) is 13.3. The topological polar surface area (TPSA) is 20.2 Å². The molecule has 0 aliphatic heterocycles. The van der Waals surface area contributed by atoms with Crippen LogP contribution in [0, 0.1) is 0 Å². The van der Waals surface area contributed by atoms with E-state index in [0.29, 0.717) is 16.5 Å². The summed E-state index contributed by atoms with van der Waals surface area (Å²) in [5.74, 6) is 0.770. The van der Waals surface area contributed by atoms with Crippen LogP contribution in [0.3, 0.4) is 0 Å². The third kappa shape index (κ3) is 4.86. The molecule has 1 aromatic carbocycles. The van der Waals surface area contributed by atoms with Crippen molar-refractivity contribution >= 4 is 35.0 Å². The van der Waals surface area contributed by atoms with Gasteiger partial charge < -0.3 is 5.11 Å². The maximum atomic E-state index is 10.1. The Hall–Kier alpha value is 0.110. The maximum absolute atomic E-state index is 10.1. The largest absolute Gasteiger partial charge is 0.392 e. The second-order valence-corrected chi connectivity index (χ2v) is 7.30. The van der Waals surface area contributed by atoms with E-state index < -0.39 is 0 Å². The summed E-state index contributed by atoms with van der Waals surface area (Å²) in [5.41, 5.74) is 0.863. The fourth-order valence-electron chi connectivity index (χ4n) is 2.50. The van der Waals surface area contributed by atoms with E-state index in [1.165, 1.54) is 32.1 Å². The fourth-order valence-corrected chi connectivity index (χ4v) is 4.33. The van der Waals surface area contributed by atoms with Crippen molar-refractivity contribution in [1.29, 1.82) is 0 Å². The first-order valence-electron chi connectivity index (χ1n) is 6.89. The lowest BCUT2D eigenvalue weighted by Crippen LogP contribution is -2.18. The van der Waals surface area contributed by atoms with Crippen LogP contribution in [0.15, 0.2) is 18.2 Å². The zero-order chi connectivity index (χ0) is 13.7. The van der Waals surface area contributed by atoms with Crippen molar-refractivity contribution in [3.63, 3.8) is 0 Å². The van der Waals surface area contributed by atoms with E-state index in [1.54, 1.807) is 0 Å². The first-order chi connectivity index (χ1) is 9.16. The van der Waals surface area contributed by atoms with Crippen LogP contribution < -0.4 is 0 Å². The molecule has 1 nitrogen and oxygen atoms in total. The van der Waals surface area contributed by atoms with Gasteiger partial charge in [0.25, 0.3) is 0 Å². The van der Waals surface area contributed by atoms with Crippen molar-refractivity contribution in [2.45, 2.75) is 49.9 Å². The zero-order valence-electron chi connectivity index (χ0n) is 10.9. The number of hydrogen-bond donors (Lipinski definition) is 1. The predicted octanol–water partition coefficient (Wildman–Crippen LogP) is 4.96. The molecule has 1 aliphatic carbocycles. The van der Waals surface area contributed by atoms with E-state index in [2.05, 4.69) is 0 Å². The van der Waals surface area contributed by atoms with Gasteiger partial charge in [-0.15, -0.1) is 0 Å². The highest BCUT2D eigenvalue weighted by Crippen LogP contribution is 2.30. The van der Waals surface area contributed by atoms with Gasteiger partial charge in [-0.2, -0.15) is 11.8 Å². The lowest BCUT2D eigenvalue weighted by atomic mass is 10.0. The van der Waals surface area contributed by atoms with Crippen molar-refractivity contribution in [2.75, 3.05) is 5.75 Å². The molecule has 0 aromatic heterocycles. The Morgan fingerprint density at radius 1 is 1.16 bits per heavy atom. The van der Waals surface area contributed by atoms with Crippen LogP contribution >= 0.6 is 35.0 Å². The highest BCUT2D eigenvalue weighted by atomic mass is 35.5. The standard InChI is InChI=1S/C15H20Cl2OS/c16-14-7-4-8-15(17)13(14)9-11(18)10-19-12-5-2-1-3-6-12/h4,7-8,11-12,18H,1-3,5-6,9-10H2. The van der Waals surface area contributed by atoms with Crippen LogP contribution in [-0.2, 0) is 6.42 Å². The molecule has 0 bridgehead atoms. The number of thioether (sulfide) groups is 1. The van der Waals surface area contributed by atoms with Gasteiger partial charge in [0.15, 0.2) is 0 Å². The Morgan fingerprint density at radius 2 is 1.79 bits per heavy atom. The molecular formula is C15H20Cl2OS. The molecule has 4 heteroatoms. The third-order valence-corrected chi connectivity index (χ3v) is 5.81. The van der Waals surface area contributed by atoms with Gasteiger partial charge in [0.2, 0.25) is 0 Å². The number of halogens is 2. The summed E-state index contributed by atoms with van der Waals surface area (Å²) in [4.78, 5) is 0. The summed E-state index contributed by atoms with van der Waals surface area (Å²) < 4.78 is 0. The Kier molecular flexibility index (Phi) is 6.34. The van der Waals surface area contributed by atoms with E-state index in [-0.39, 0.29) is 6.10 Å². The van der Waals surface area contributed by atoms with Crippen LogP contribution in [0.1, 0.15) is 37.7 Å². The molecule has 0 radical (unpaired) electrons. The van der Waals surface area contributed by atoms with Crippen molar-refractivity contribution in [3.05, 3.63) is 33.8 Å². The van der Waals surface area contributed by atoms with Crippen molar-refractivity contribution in [2.24, 2.45) is 0 Å². The first kappa shape index (κ1) is 15.5. The molecule has 2 rings (SSSR count). The minimum Gasteiger partial charge on any atom is -0.392 e. The Bertz CT molecular complexity index is 385. The number of aliphatic hydroxyl groups excluding tert-OH is 1. The van der Waals surface area contributed by atoms with Crippen molar-refractivity contribution < 1.29 is 5.11 Å². The lowest BCUT2D eigenvalue weighted by molar-refractivity contribution is 0.200. The number of hydrogen-bond acceptors (Lipinski definition) is 2. The molecule has 1 aliphatic rings. The van der Waals surface area contributed by atoms with Gasteiger partial charge >= 0.3 is 0 Å². The van der Waals surface area contributed by atoms with Gasteiger partial charge in [0.05, 0.1) is 6.10 Å². The third-order valence-electron chi connectivity index (χ3n) is 3.58. The summed E-state index contributed by atoms with van der Waals surface area (Å²) in [5, 5.41) is 12.2. The molecule has 1 aromatic rings. The predicted molar refractivity (Wildman–Crippen MR) is 85.5 cm³/mol.